The highest BCUT2D eigenvalue weighted by Crippen LogP contribution is 2.21. The Morgan fingerprint density at radius 3 is 3.00 bits per heavy atom. The van der Waals surface area contributed by atoms with Crippen LogP contribution in [-0.2, 0) is 4.79 Å². The Hall–Kier alpha value is -1.37. The highest BCUT2D eigenvalue weighted by molar-refractivity contribution is 8.13. The lowest BCUT2D eigenvalue weighted by Crippen LogP contribution is -2.20. The summed E-state index contributed by atoms with van der Waals surface area (Å²) in [5, 5.41) is 20.1. The largest absolute Gasteiger partial charge is 0.390 e. The van der Waals surface area contributed by atoms with Gasteiger partial charge in [-0.05, 0) is 18.6 Å². The Kier molecular flexibility index (Phi) is 4.57. The van der Waals surface area contributed by atoms with E-state index in [4.69, 9.17) is 0 Å². The van der Waals surface area contributed by atoms with E-state index in [1.807, 2.05) is 18.2 Å². The van der Waals surface area contributed by atoms with Crippen LogP contribution in [0.5, 0.6) is 0 Å². The fourth-order valence-corrected chi connectivity index (χ4v) is 2.50. The van der Waals surface area contributed by atoms with Gasteiger partial charge in [-0.1, -0.05) is 17.8 Å². The lowest BCUT2D eigenvalue weighted by atomic mass is 10.1. The molecule has 2 rings (SSSR count). The molecular formula is C13H16N2O3S. The SMILES string of the molecule is CC(=O)SCCC(O)C(O)c1cnc2ccccn12. The number of imidazole rings is 1. The highest BCUT2D eigenvalue weighted by atomic mass is 32.2. The third-order valence-electron chi connectivity index (χ3n) is 2.83. The minimum absolute atomic E-state index is 0.0106. The van der Waals surface area contributed by atoms with Crippen molar-refractivity contribution >= 4 is 22.5 Å². The van der Waals surface area contributed by atoms with Crippen molar-refractivity contribution in [2.75, 3.05) is 5.75 Å². The molecule has 5 nitrogen and oxygen atoms in total. The molecule has 2 unspecified atom stereocenters. The van der Waals surface area contributed by atoms with Crippen molar-refractivity contribution in [3.63, 3.8) is 0 Å². The first-order valence-electron chi connectivity index (χ1n) is 6.01. The van der Waals surface area contributed by atoms with Gasteiger partial charge in [0.1, 0.15) is 11.8 Å². The van der Waals surface area contributed by atoms with Crippen LogP contribution in [0.4, 0.5) is 0 Å². The maximum Gasteiger partial charge on any atom is 0.185 e. The van der Waals surface area contributed by atoms with Gasteiger partial charge in [0.2, 0.25) is 0 Å². The van der Waals surface area contributed by atoms with Crippen molar-refractivity contribution < 1.29 is 15.0 Å². The highest BCUT2D eigenvalue weighted by Gasteiger charge is 2.21. The molecule has 2 atom stereocenters. The number of fused-ring (bicyclic) bond motifs is 1. The Morgan fingerprint density at radius 2 is 2.26 bits per heavy atom. The molecule has 0 spiro atoms. The molecule has 0 bridgehead atoms. The molecule has 102 valence electrons. The van der Waals surface area contributed by atoms with Gasteiger partial charge < -0.3 is 14.6 Å². The number of rotatable bonds is 5. The number of aromatic nitrogens is 2. The van der Waals surface area contributed by atoms with Crippen LogP contribution >= 0.6 is 11.8 Å². The minimum Gasteiger partial charge on any atom is -0.390 e. The number of carbonyl (C=O) groups is 1. The van der Waals surface area contributed by atoms with E-state index < -0.39 is 12.2 Å². The van der Waals surface area contributed by atoms with E-state index >= 15 is 0 Å². The maximum atomic E-state index is 10.8. The van der Waals surface area contributed by atoms with Gasteiger partial charge in [0.05, 0.1) is 18.0 Å². The van der Waals surface area contributed by atoms with Crippen LogP contribution in [0.2, 0.25) is 0 Å². The van der Waals surface area contributed by atoms with Crippen LogP contribution in [-0.4, -0.2) is 36.6 Å². The standard InChI is InChI=1S/C13H16N2O3S/c1-9(16)19-7-5-11(17)13(18)10-8-14-12-4-2-3-6-15(10)12/h2-4,6,8,11,13,17-18H,5,7H2,1H3. The fraction of sp³-hybridized carbons (Fsp3) is 0.385. The average Bonchev–Trinajstić information content (AvgIpc) is 2.81. The number of hydrogen-bond acceptors (Lipinski definition) is 5. The van der Waals surface area contributed by atoms with E-state index in [1.54, 1.807) is 16.8 Å². The van der Waals surface area contributed by atoms with E-state index in [9.17, 15) is 15.0 Å². The van der Waals surface area contributed by atoms with E-state index in [1.165, 1.54) is 6.92 Å². The van der Waals surface area contributed by atoms with Gasteiger partial charge in [-0.25, -0.2) is 4.98 Å². The van der Waals surface area contributed by atoms with E-state index in [0.717, 1.165) is 17.4 Å². The van der Waals surface area contributed by atoms with Crippen molar-refractivity contribution in [2.24, 2.45) is 0 Å². The topological polar surface area (TPSA) is 74.8 Å². The summed E-state index contributed by atoms with van der Waals surface area (Å²) >= 11 is 1.15. The van der Waals surface area contributed by atoms with E-state index in [0.29, 0.717) is 17.9 Å². The Balaban J connectivity index is 2.06. The number of pyridine rings is 1. The third kappa shape index (κ3) is 3.34. The summed E-state index contributed by atoms with van der Waals surface area (Å²) in [6.45, 7) is 1.48. The van der Waals surface area contributed by atoms with Gasteiger partial charge in [-0.15, -0.1) is 0 Å². The lowest BCUT2D eigenvalue weighted by Gasteiger charge is -2.17. The van der Waals surface area contributed by atoms with Gasteiger partial charge in [0, 0.05) is 18.9 Å². The molecule has 2 aromatic heterocycles. The number of aliphatic hydroxyl groups is 2. The van der Waals surface area contributed by atoms with Crippen molar-refractivity contribution in [1.29, 1.82) is 0 Å². The predicted octanol–water partition coefficient (Wildman–Crippen LogP) is 1.40. The van der Waals surface area contributed by atoms with Gasteiger partial charge in [-0.3, -0.25) is 4.79 Å². The van der Waals surface area contributed by atoms with Crippen molar-refractivity contribution in [1.82, 2.24) is 9.38 Å². The summed E-state index contributed by atoms with van der Waals surface area (Å²) in [4.78, 5) is 15.0. The molecule has 0 saturated carbocycles. The molecule has 0 fully saturated rings. The maximum absolute atomic E-state index is 10.8. The number of nitrogens with zero attached hydrogens (tertiary/aromatic N) is 2. The average molecular weight is 280 g/mol. The van der Waals surface area contributed by atoms with Crippen LogP contribution in [0.25, 0.3) is 5.65 Å². The summed E-state index contributed by atoms with van der Waals surface area (Å²) in [7, 11) is 0. The van der Waals surface area contributed by atoms with Crippen molar-refractivity contribution in [2.45, 2.75) is 25.6 Å². The molecule has 0 radical (unpaired) electrons. The summed E-state index contributed by atoms with van der Waals surface area (Å²) < 4.78 is 1.74. The first-order chi connectivity index (χ1) is 9.09. The second-order valence-corrected chi connectivity index (χ2v) is 5.52. The Labute approximate surface area is 115 Å². The predicted molar refractivity (Wildman–Crippen MR) is 73.9 cm³/mol. The van der Waals surface area contributed by atoms with E-state index in [2.05, 4.69) is 4.98 Å². The fourth-order valence-electron chi connectivity index (χ4n) is 1.85. The molecule has 19 heavy (non-hydrogen) atoms. The minimum atomic E-state index is -1.01. The first kappa shape index (κ1) is 14.0. The molecule has 0 amide bonds. The van der Waals surface area contributed by atoms with Crippen molar-refractivity contribution in [3.05, 3.63) is 36.3 Å². The summed E-state index contributed by atoms with van der Waals surface area (Å²) in [6.07, 6.45) is 1.78. The summed E-state index contributed by atoms with van der Waals surface area (Å²) in [6, 6.07) is 5.52. The number of hydrogen-bond donors (Lipinski definition) is 2. The molecule has 0 aliphatic rings. The van der Waals surface area contributed by atoms with Gasteiger partial charge in [-0.2, -0.15) is 0 Å². The molecular weight excluding hydrogens is 264 g/mol. The second kappa shape index (κ2) is 6.18. The Bertz CT molecular complexity index is 570. The second-order valence-electron chi connectivity index (χ2n) is 4.25. The molecule has 6 heteroatoms. The van der Waals surface area contributed by atoms with Crippen LogP contribution in [0.15, 0.2) is 30.6 Å². The summed E-state index contributed by atoms with van der Waals surface area (Å²) in [5.41, 5.74) is 1.28. The van der Waals surface area contributed by atoms with Crippen molar-refractivity contribution in [3.8, 4) is 0 Å². The molecule has 2 heterocycles. The molecule has 2 N–H and O–H groups in total. The van der Waals surface area contributed by atoms with Gasteiger partial charge >= 0.3 is 0 Å². The van der Waals surface area contributed by atoms with Crippen LogP contribution in [0.1, 0.15) is 25.1 Å². The number of carbonyl (C=O) groups excluding carboxylic acids is 1. The quantitative estimate of drug-likeness (QED) is 0.866. The molecule has 0 aliphatic heterocycles. The lowest BCUT2D eigenvalue weighted by molar-refractivity contribution is -0.109. The zero-order valence-corrected chi connectivity index (χ0v) is 11.4. The smallest absolute Gasteiger partial charge is 0.185 e. The molecule has 0 aliphatic carbocycles. The summed E-state index contributed by atoms with van der Waals surface area (Å²) in [5.74, 6) is 0.490. The molecule has 0 saturated heterocycles. The molecule has 2 aromatic rings. The van der Waals surface area contributed by atoms with Crippen LogP contribution in [0, 0.1) is 0 Å². The van der Waals surface area contributed by atoms with Gasteiger partial charge in [0.25, 0.3) is 0 Å². The van der Waals surface area contributed by atoms with E-state index in [-0.39, 0.29) is 5.12 Å². The zero-order chi connectivity index (χ0) is 13.8. The normalized spacial score (nSPS) is 14.5. The molecule has 0 aromatic carbocycles. The monoisotopic (exact) mass is 280 g/mol. The van der Waals surface area contributed by atoms with Crippen LogP contribution < -0.4 is 0 Å². The van der Waals surface area contributed by atoms with Crippen LogP contribution in [0.3, 0.4) is 0 Å². The zero-order valence-electron chi connectivity index (χ0n) is 10.6. The third-order valence-corrected chi connectivity index (χ3v) is 3.68. The Morgan fingerprint density at radius 1 is 1.47 bits per heavy atom. The van der Waals surface area contributed by atoms with Gasteiger partial charge in [0.15, 0.2) is 5.12 Å². The first-order valence-corrected chi connectivity index (χ1v) is 6.99. The number of aliphatic hydroxyl groups excluding tert-OH is 2. The number of thioether (sulfide) groups is 1.